The number of amides is 2. The second-order valence-electron chi connectivity index (χ2n) is 4.47. The Kier molecular flexibility index (Phi) is 5.36. The molecule has 2 aromatic rings. The second kappa shape index (κ2) is 7.24. The fraction of sp³-hybridized carbons (Fsp3) is 0.200. The average molecular weight is 323 g/mol. The Balaban J connectivity index is 1.84. The number of anilines is 1. The summed E-state index contributed by atoms with van der Waals surface area (Å²) in [5.41, 5.74) is 1.24. The third kappa shape index (κ3) is 4.88. The molecular weight excluding hydrogens is 308 g/mol. The highest BCUT2D eigenvalue weighted by Crippen LogP contribution is 2.21. The predicted molar refractivity (Wildman–Crippen MR) is 86.1 cm³/mol. The van der Waals surface area contributed by atoms with Crippen LogP contribution in [0.1, 0.15) is 22.2 Å². The molecule has 110 valence electrons. The van der Waals surface area contributed by atoms with Gasteiger partial charge in [0.05, 0.1) is 4.34 Å². The lowest BCUT2D eigenvalue weighted by atomic mass is 10.2. The molecule has 1 aromatic heterocycles. The molecule has 1 aromatic carbocycles. The van der Waals surface area contributed by atoms with E-state index in [1.165, 1.54) is 18.3 Å². The van der Waals surface area contributed by atoms with Gasteiger partial charge < -0.3 is 10.6 Å². The molecule has 0 saturated heterocycles. The van der Waals surface area contributed by atoms with Crippen molar-refractivity contribution in [1.29, 1.82) is 0 Å². The lowest BCUT2D eigenvalue weighted by Crippen LogP contribution is -2.25. The molecule has 0 radical (unpaired) electrons. The maximum atomic E-state index is 12.0. The normalized spacial score (nSPS) is 10.2. The van der Waals surface area contributed by atoms with Gasteiger partial charge in [0.15, 0.2) is 0 Å². The fourth-order valence-electron chi connectivity index (χ4n) is 1.80. The minimum absolute atomic E-state index is 0.132. The number of hydrogen-bond acceptors (Lipinski definition) is 3. The van der Waals surface area contributed by atoms with E-state index in [4.69, 9.17) is 11.6 Å². The van der Waals surface area contributed by atoms with Gasteiger partial charge in [-0.15, -0.1) is 11.3 Å². The van der Waals surface area contributed by atoms with Crippen molar-refractivity contribution in [2.75, 3.05) is 11.9 Å². The Morgan fingerprint density at radius 1 is 1.14 bits per heavy atom. The van der Waals surface area contributed by atoms with E-state index >= 15 is 0 Å². The van der Waals surface area contributed by atoms with Crippen molar-refractivity contribution in [2.24, 2.45) is 0 Å². The van der Waals surface area contributed by atoms with Gasteiger partial charge in [0, 0.05) is 29.6 Å². The first-order chi connectivity index (χ1) is 10.0. The maximum absolute atomic E-state index is 12.0. The van der Waals surface area contributed by atoms with E-state index in [0.29, 0.717) is 17.8 Å². The number of halogens is 1. The highest BCUT2D eigenvalue weighted by Gasteiger charge is 2.06. The molecule has 4 nitrogen and oxygen atoms in total. The number of carbonyl (C=O) groups excluding carboxylic acids is 2. The van der Waals surface area contributed by atoms with Gasteiger partial charge in [0.2, 0.25) is 5.91 Å². The van der Waals surface area contributed by atoms with E-state index in [2.05, 4.69) is 10.6 Å². The molecule has 0 fully saturated rings. The highest BCUT2D eigenvalue weighted by molar-refractivity contribution is 7.16. The molecule has 0 aliphatic heterocycles. The summed E-state index contributed by atoms with van der Waals surface area (Å²) in [5.74, 6) is -0.270. The maximum Gasteiger partial charge on any atom is 0.251 e. The molecule has 0 unspecified atom stereocenters. The number of rotatable bonds is 5. The standard InChI is InChI=1S/C15H15ClN2O2S/c1-10(19)18-12-4-2-11(3-5-12)15(20)17-9-8-13-6-7-14(16)21-13/h2-7H,8-9H2,1H3,(H,17,20)(H,18,19). The molecule has 2 N–H and O–H groups in total. The van der Waals surface area contributed by atoms with E-state index in [-0.39, 0.29) is 11.8 Å². The van der Waals surface area contributed by atoms with Gasteiger partial charge in [-0.25, -0.2) is 0 Å². The number of thiophene rings is 1. The summed E-state index contributed by atoms with van der Waals surface area (Å²) in [4.78, 5) is 24.0. The van der Waals surface area contributed by atoms with Gasteiger partial charge >= 0.3 is 0 Å². The van der Waals surface area contributed by atoms with Crippen LogP contribution in [0.15, 0.2) is 36.4 Å². The smallest absolute Gasteiger partial charge is 0.251 e. The molecule has 2 amide bonds. The average Bonchev–Trinajstić information content (AvgIpc) is 2.84. The van der Waals surface area contributed by atoms with Gasteiger partial charge in [0.25, 0.3) is 5.91 Å². The van der Waals surface area contributed by atoms with E-state index in [1.807, 2.05) is 12.1 Å². The summed E-state index contributed by atoms with van der Waals surface area (Å²) in [7, 11) is 0. The molecule has 0 saturated carbocycles. The predicted octanol–water partition coefficient (Wildman–Crippen LogP) is 3.33. The van der Waals surface area contributed by atoms with Gasteiger partial charge in [-0.1, -0.05) is 11.6 Å². The molecule has 0 aliphatic rings. The van der Waals surface area contributed by atoms with E-state index < -0.39 is 0 Å². The molecule has 0 spiro atoms. The third-order valence-electron chi connectivity index (χ3n) is 2.75. The van der Waals surface area contributed by atoms with Crippen molar-refractivity contribution < 1.29 is 9.59 Å². The van der Waals surface area contributed by atoms with Crippen LogP contribution < -0.4 is 10.6 Å². The van der Waals surface area contributed by atoms with Crippen molar-refractivity contribution >= 4 is 40.4 Å². The van der Waals surface area contributed by atoms with Gasteiger partial charge in [0.1, 0.15) is 0 Å². The molecule has 21 heavy (non-hydrogen) atoms. The lowest BCUT2D eigenvalue weighted by Gasteiger charge is -2.06. The first kappa shape index (κ1) is 15.5. The highest BCUT2D eigenvalue weighted by atomic mass is 35.5. The van der Waals surface area contributed by atoms with Crippen molar-refractivity contribution in [1.82, 2.24) is 5.32 Å². The molecule has 6 heteroatoms. The van der Waals surface area contributed by atoms with E-state index in [9.17, 15) is 9.59 Å². The van der Waals surface area contributed by atoms with Gasteiger partial charge in [-0.3, -0.25) is 9.59 Å². The zero-order valence-corrected chi connectivity index (χ0v) is 13.1. The summed E-state index contributed by atoms with van der Waals surface area (Å²) in [6, 6.07) is 10.6. The van der Waals surface area contributed by atoms with Crippen LogP contribution in [0.3, 0.4) is 0 Å². The molecule has 0 aliphatic carbocycles. The number of hydrogen-bond donors (Lipinski definition) is 2. The number of benzene rings is 1. The summed E-state index contributed by atoms with van der Waals surface area (Å²) >= 11 is 7.37. The van der Waals surface area contributed by atoms with Crippen LogP contribution in [0.25, 0.3) is 0 Å². The Labute approximate surface area is 132 Å². The Hall–Kier alpha value is -1.85. The quantitative estimate of drug-likeness (QED) is 0.887. The van der Waals surface area contributed by atoms with E-state index in [0.717, 1.165) is 15.6 Å². The SMILES string of the molecule is CC(=O)Nc1ccc(C(=O)NCCc2ccc(Cl)s2)cc1. The molecule has 0 atom stereocenters. The van der Waals surface area contributed by atoms with Crippen LogP contribution in [0.4, 0.5) is 5.69 Å². The first-order valence-corrected chi connectivity index (χ1v) is 7.64. The topological polar surface area (TPSA) is 58.2 Å². The van der Waals surface area contributed by atoms with Gasteiger partial charge in [-0.05, 0) is 42.8 Å². The lowest BCUT2D eigenvalue weighted by molar-refractivity contribution is -0.114. The zero-order chi connectivity index (χ0) is 15.2. The molecule has 0 bridgehead atoms. The zero-order valence-electron chi connectivity index (χ0n) is 11.5. The van der Waals surface area contributed by atoms with Crippen LogP contribution >= 0.6 is 22.9 Å². The van der Waals surface area contributed by atoms with E-state index in [1.54, 1.807) is 24.3 Å². The van der Waals surface area contributed by atoms with Crippen LogP contribution in [0, 0.1) is 0 Å². The fourth-order valence-corrected chi connectivity index (χ4v) is 2.88. The van der Waals surface area contributed by atoms with Crippen molar-refractivity contribution in [3.8, 4) is 0 Å². The Morgan fingerprint density at radius 3 is 2.43 bits per heavy atom. The minimum atomic E-state index is -0.137. The number of carbonyl (C=O) groups is 2. The van der Waals surface area contributed by atoms with Crippen molar-refractivity contribution in [3.05, 3.63) is 51.2 Å². The summed E-state index contributed by atoms with van der Waals surface area (Å²) in [5, 5.41) is 5.51. The second-order valence-corrected chi connectivity index (χ2v) is 6.27. The van der Waals surface area contributed by atoms with Crippen LogP contribution in [0.2, 0.25) is 4.34 Å². The van der Waals surface area contributed by atoms with Gasteiger partial charge in [-0.2, -0.15) is 0 Å². The monoisotopic (exact) mass is 322 g/mol. The largest absolute Gasteiger partial charge is 0.352 e. The summed E-state index contributed by atoms with van der Waals surface area (Å²) < 4.78 is 0.755. The molecule has 1 heterocycles. The first-order valence-electron chi connectivity index (χ1n) is 6.44. The van der Waals surface area contributed by atoms with Crippen molar-refractivity contribution in [2.45, 2.75) is 13.3 Å². The van der Waals surface area contributed by atoms with Crippen LogP contribution in [-0.4, -0.2) is 18.4 Å². The molecular formula is C15H15ClN2O2S. The minimum Gasteiger partial charge on any atom is -0.352 e. The summed E-state index contributed by atoms with van der Waals surface area (Å²) in [6.07, 6.45) is 0.757. The molecule has 2 rings (SSSR count). The Morgan fingerprint density at radius 2 is 1.86 bits per heavy atom. The third-order valence-corrected chi connectivity index (χ3v) is 4.04. The van der Waals surface area contributed by atoms with Crippen LogP contribution in [0.5, 0.6) is 0 Å². The number of nitrogens with one attached hydrogen (secondary N) is 2. The summed E-state index contributed by atoms with van der Waals surface area (Å²) in [6.45, 7) is 2.00. The van der Waals surface area contributed by atoms with Crippen molar-refractivity contribution in [3.63, 3.8) is 0 Å². The Bertz CT molecular complexity index is 637. The van der Waals surface area contributed by atoms with Crippen LogP contribution in [-0.2, 0) is 11.2 Å².